The van der Waals surface area contributed by atoms with Gasteiger partial charge in [-0.25, -0.2) is 0 Å². The molecule has 1 saturated heterocycles. The van der Waals surface area contributed by atoms with Gasteiger partial charge < -0.3 is 19.6 Å². The maximum atomic E-state index is 10.4. The number of aliphatic hydroxyl groups excluding tert-OH is 1. The first-order valence-electron chi connectivity index (χ1n) is 10.4. The van der Waals surface area contributed by atoms with Crippen LogP contribution in [0.5, 0.6) is 0 Å². The van der Waals surface area contributed by atoms with Gasteiger partial charge in [0.05, 0.1) is 12.6 Å². The number of para-hydroxylation sites is 1. The van der Waals surface area contributed by atoms with Gasteiger partial charge in [0, 0.05) is 48.3 Å². The summed E-state index contributed by atoms with van der Waals surface area (Å²) in [5.74, 6) is 0.800. The fraction of sp³-hybridized carbons (Fsp3) is 0.636. The predicted octanol–water partition coefficient (Wildman–Crippen LogP) is 3.48. The summed E-state index contributed by atoms with van der Waals surface area (Å²) >= 11 is 0. The van der Waals surface area contributed by atoms with Gasteiger partial charge >= 0.3 is 0 Å². The zero-order chi connectivity index (χ0) is 19.0. The smallest absolute Gasteiger partial charge is 0.170 e. The first kappa shape index (κ1) is 18.9. The monoisotopic (exact) mass is 372 g/mol. The average molecular weight is 373 g/mol. The van der Waals surface area contributed by atoms with Gasteiger partial charge in [0.25, 0.3) is 0 Å². The summed E-state index contributed by atoms with van der Waals surface area (Å²) < 4.78 is 11.7. The molecule has 5 heteroatoms. The van der Waals surface area contributed by atoms with Gasteiger partial charge in [-0.2, -0.15) is 0 Å². The van der Waals surface area contributed by atoms with Crippen LogP contribution in [0, 0.1) is 11.8 Å². The van der Waals surface area contributed by atoms with Gasteiger partial charge in [-0.05, 0) is 51.2 Å². The Morgan fingerprint density at radius 3 is 2.67 bits per heavy atom. The van der Waals surface area contributed by atoms with Crippen LogP contribution in [0.1, 0.15) is 44.5 Å². The van der Waals surface area contributed by atoms with Crippen molar-refractivity contribution in [2.45, 2.75) is 52.0 Å². The van der Waals surface area contributed by atoms with Crippen LogP contribution in [0.15, 0.2) is 24.3 Å². The highest BCUT2D eigenvalue weighted by Crippen LogP contribution is 2.47. The SMILES string of the molecule is CCOC(CN1CC([C@H](C)O)[C@@H]2Cc3[nH]c4ccccc4c3[C@H]1C2)OCC. The number of piperidine rings is 1. The molecule has 4 rings (SSSR count). The van der Waals surface area contributed by atoms with Crippen molar-refractivity contribution < 1.29 is 14.6 Å². The third-order valence-corrected chi connectivity index (χ3v) is 6.35. The molecule has 5 nitrogen and oxygen atoms in total. The van der Waals surface area contributed by atoms with Crippen LogP contribution in [0.3, 0.4) is 0 Å². The molecule has 27 heavy (non-hydrogen) atoms. The van der Waals surface area contributed by atoms with Gasteiger partial charge in [-0.3, -0.25) is 4.90 Å². The molecule has 2 N–H and O–H groups in total. The lowest BCUT2D eigenvalue weighted by Crippen LogP contribution is -2.51. The van der Waals surface area contributed by atoms with Crippen LogP contribution in [0.25, 0.3) is 10.9 Å². The third-order valence-electron chi connectivity index (χ3n) is 6.35. The van der Waals surface area contributed by atoms with Crippen LogP contribution in [-0.2, 0) is 15.9 Å². The molecule has 0 radical (unpaired) electrons. The quantitative estimate of drug-likeness (QED) is 0.731. The topological polar surface area (TPSA) is 57.7 Å². The van der Waals surface area contributed by atoms with Gasteiger partial charge in [0.15, 0.2) is 6.29 Å². The van der Waals surface area contributed by atoms with Crippen molar-refractivity contribution >= 4 is 10.9 Å². The molecule has 4 atom stereocenters. The van der Waals surface area contributed by atoms with Crippen molar-refractivity contribution in [2.75, 3.05) is 26.3 Å². The van der Waals surface area contributed by atoms with E-state index in [-0.39, 0.29) is 18.3 Å². The molecule has 2 aliphatic rings. The van der Waals surface area contributed by atoms with Crippen molar-refractivity contribution in [3.63, 3.8) is 0 Å². The van der Waals surface area contributed by atoms with Crippen LogP contribution in [0.2, 0.25) is 0 Å². The predicted molar refractivity (Wildman–Crippen MR) is 107 cm³/mol. The minimum Gasteiger partial charge on any atom is -0.393 e. The Balaban J connectivity index is 1.70. The van der Waals surface area contributed by atoms with Crippen molar-refractivity contribution in [2.24, 2.45) is 11.8 Å². The third kappa shape index (κ3) is 3.54. The largest absolute Gasteiger partial charge is 0.393 e. The molecule has 1 aromatic heterocycles. The van der Waals surface area contributed by atoms with Crippen molar-refractivity contribution in [3.8, 4) is 0 Å². The van der Waals surface area contributed by atoms with E-state index < -0.39 is 0 Å². The molecule has 2 heterocycles. The summed E-state index contributed by atoms with van der Waals surface area (Å²) in [4.78, 5) is 6.15. The molecular weight excluding hydrogens is 340 g/mol. The highest BCUT2D eigenvalue weighted by Gasteiger charge is 2.44. The maximum Gasteiger partial charge on any atom is 0.170 e. The lowest BCUT2D eigenvalue weighted by molar-refractivity contribution is -0.159. The molecule has 148 valence electrons. The number of hydrogen-bond acceptors (Lipinski definition) is 4. The molecule has 1 fully saturated rings. The molecule has 1 aliphatic heterocycles. The zero-order valence-corrected chi connectivity index (χ0v) is 16.6. The van der Waals surface area contributed by atoms with Crippen LogP contribution < -0.4 is 0 Å². The van der Waals surface area contributed by atoms with E-state index in [0.29, 0.717) is 25.2 Å². The second kappa shape index (κ2) is 7.92. The number of aromatic nitrogens is 1. The Morgan fingerprint density at radius 1 is 1.22 bits per heavy atom. The Kier molecular flexibility index (Phi) is 5.55. The standard InChI is InChI=1S/C22H32N2O3/c1-4-26-21(27-5-2)13-24-12-17(14(3)25)15-10-19-22(20(24)11-15)16-8-6-7-9-18(16)23-19/h6-9,14-15,17,20-21,23,25H,4-5,10-13H2,1-3H3/t14-,15+,17?,20+/m0/s1. The Labute approximate surface area is 161 Å². The molecule has 2 bridgehead atoms. The molecule has 0 amide bonds. The van der Waals surface area contributed by atoms with E-state index in [2.05, 4.69) is 34.1 Å². The molecule has 1 aliphatic carbocycles. The molecule has 2 aromatic rings. The normalized spacial score (nSPS) is 26.5. The number of ether oxygens (including phenoxy) is 2. The first-order valence-corrected chi connectivity index (χ1v) is 10.4. The van der Waals surface area contributed by atoms with Gasteiger partial charge in [0.2, 0.25) is 0 Å². The second-order valence-electron chi connectivity index (χ2n) is 7.98. The highest BCUT2D eigenvalue weighted by atomic mass is 16.7. The van der Waals surface area contributed by atoms with Crippen LogP contribution >= 0.6 is 0 Å². The van der Waals surface area contributed by atoms with E-state index in [9.17, 15) is 5.11 Å². The lowest BCUT2D eigenvalue weighted by atomic mass is 9.70. The number of likely N-dealkylation sites (tertiary alicyclic amines) is 1. The van der Waals surface area contributed by atoms with Crippen molar-refractivity contribution in [1.82, 2.24) is 9.88 Å². The van der Waals surface area contributed by atoms with Crippen molar-refractivity contribution in [1.29, 1.82) is 0 Å². The fourth-order valence-corrected chi connectivity index (χ4v) is 5.18. The summed E-state index contributed by atoms with van der Waals surface area (Å²) in [5, 5.41) is 11.8. The summed E-state index contributed by atoms with van der Waals surface area (Å²) in [6, 6.07) is 8.96. The van der Waals surface area contributed by atoms with E-state index in [1.165, 1.54) is 22.2 Å². The summed E-state index contributed by atoms with van der Waals surface area (Å²) in [7, 11) is 0. The van der Waals surface area contributed by atoms with Crippen molar-refractivity contribution in [3.05, 3.63) is 35.5 Å². The Bertz CT molecular complexity index is 766. The Morgan fingerprint density at radius 2 is 1.96 bits per heavy atom. The van der Waals surface area contributed by atoms with Gasteiger partial charge in [-0.15, -0.1) is 0 Å². The zero-order valence-electron chi connectivity index (χ0n) is 16.6. The van der Waals surface area contributed by atoms with Crippen LogP contribution in [0.4, 0.5) is 0 Å². The van der Waals surface area contributed by atoms with E-state index in [4.69, 9.17) is 9.47 Å². The van der Waals surface area contributed by atoms with E-state index in [0.717, 1.165) is 25.9 Å². The minimum atomic E-state index is -0.304. The summed E-state index contributed by atoms with van der Waals surface area (Å²) in [6.07, 6.45) is 1.60. The fourth-order valence-electron chi connectivity index (χ4n) is 5.18. The van der Waals surface area contributed by atoms with E-state index >= 15 is 0 Å². The number of nitrogens with one attached hydrogen (secondary N) is 1. The molecule has 1 unspecified atom stereocenters. The number of aliphatic hydroxyl groups is 1. The van der Waals surface area contributed by atoms with Gasteiger partial charge in [-0.1, -0.05) is 18.2 Å². The second-order valence-corrected chi connectivity index (χ2v) is 7.98. The molecular formula is C22H32N2O3. The number of fused-ring (bicyclic) bond motifs is 6. The van der Waals surface area contributed by atoms with Crippen LogP contribution in [-0.4, -0.2) is 53.7 Å². The summed E-state index contributed by atoms with van der Waals surface area (Å²) in [5.41, 5.74) is 4.00. The molecule has 0 saturated carbocycles. The van der Waals surface area contributed by atoms with Gasteiger partial charge in [0.1, 0.15) is 0 Å². The number of hydrogen-bond donors (Lipinski definition) is 2. The van der Waals surface area contributed by atoms with E-state index in [1.807, 2.05) is 20.8 Å². The van der Waals surface area contributed by atoms with E-state index in [1.54, 1.807) is 0 Å². The Hall–Kier alpha value is -1.40. The minimum absolute atomic E-state index is 0.221. The number of H-pyrrole nitrogens is 1. The number of rotatable bonds is 7. The number of aromatic amines is 1. The summed E-state index contributed by atoms with van der Waals surface area (Å²) in [6.45, 7) is 8.87. The average Bonchev–Trinajstić information content (AvgIpc) is 3.02. The maximum absolute atomic E-state index is 10.4. The highest BCUT2D eigenvalue weighted by molar-refractivity contribution is 5.85. The lowest BCUT2D eigenvalue weighted by Gasteiger charge is -2.49. The number of benzene rings is 1. The number of nitrogens with zero attached hydrogens (tertiary/aromatic N) is 1. The molecule has 0 spiro atoms. The molecule has 1 aromatic carbocycles. The first-order chi connectivity index (χ1) is 13.1.